The Bertz CT molecular complexity index is 789. The van der Waals surface area contributed by atoms with Gasteiger partial charge in [-0.15, -0.1) is 0 Å². The van der Waals surface area contributed by atoms with Crippen LogP contribution in [0.4, 0.5) is 0 Å². The zero-order valence-corrected chi connectivity index (χ0v) is 32.2. The Labute approximate surface area is 289 Å². The fourth-order valence-electron chi connectivity index (χ4n) is 5.31. The molecule has 10 heteroatoms. The number of carbonyl (C=O) groups excluding carboxylic acids is 2. The molecule has 0 saturated carbocycles. The van der Waals surface area contributed by atoms with E-state index in [0.717, 1.165) is 38.5 Å². The normalized spacial score (nSPS) is 13.7. The molecular weight excluding hydrogens is 617 g/mol. The number of rotatable bonds is 35. The minimum absolute atomic E-state index is 0.0363. The van der Waals surface area contributed by atoms with Gasteiger partial charge in [0.2, 0.25) is 0 Å². The van der Waals surface area contributed by atoms with E-state index in [2.05, 4.69) is 13.8 Å². The third-order valence-electron chi connectivity index (χ3n) is 8.39. The van der Waals surface area contributed by atoms with Crippen molar-refractivity contribution in [3.8, 4) is 0 Å². The predicted octanol–water partition coefficient (Wildman–Crippen LogP) is 10.1. The fraction of sp³-hybridized carbons (Fsp3) is 0.946. The van der Waals surface area contributed by atoms with E-state index in [0.29, 0.717) is 17.4 Å². The van der Waals surface area contributed by atoms with Gasteiger partial charge in [-0.1, -0.05) is 149 Å². The first kappa shape index (κ1) is 46.0. The molecule has 1 N–H and O–H groups in total. The smallest absolute Gasteiger partial charge is 0.462 e. The minimum atomic E-state index is -4.36. The van der Waals surface area contributed by atoms with Crippen LogP contribution < -0.4 is 0 Å². The van der Waals surface area contributed by atoms with Gasteiger partial charge in [0.25, 0.3) is 0 Å². The number of hydrogen-bond acceptors (Lipinski definition) is 7. The highest BCUT2D eigenvalue weighted by Gasteiger charge is 2.27. The van der Waals surface area contributed by atoms with Crippen LogP contribution in [-0.4, -0.2) is 74.9 Å². The molecule has 0 bridgehead atoms. The van der Waals surface area contributed by atoms with Crippen LogP contribution in [0.15, 0.2) is 0 Å². The molecule has 9 nitrogen and oxygen atoms in total. The van der Waals surface area contributed by atoms with Crippen LogP contribution in [0.2, 0.25) is 0 Å². The fourth-order valence-corrected chi connectivity index (χ4v) is 6.05. The number of likely N-dealkylation sites (N-methyl/N-ethyl adjacent to an activating group) is 1. The summed E-state index contributed by atoms with van der Waals surface area (Å²) in [5.74, 6) is -0.792. The van der Waals surface area contributed by atoms with Crippen LogP contribution in [0.1, 0.15) is 174 Å². The molecule has 0 amide bonds. The van der Waals surface area contributed by atoms with Crippen LogP contribution in [-0.2, 0) is 32.7 Å². The highest BCUT2D eigenvalue weighted by Crippen LogP contribution is 2.43. The Morgan fingerprint density at radius 1 is 0.574 bits per heavy atom. The largest absolute Gasteiger partial charge is 0.472 e. The van der Waals surface area contributed by atoms with E-state index >= 15 is 0 Å². The topological polar surface area (TPSA) is 108 Å². The summed E-state index contributed by atoms with van der Waals surface area (Å²) in [7, 11) is 1.49. The minimum Gasteiger partial charge on any atom is -0.462 e. The number of carbonyl (C=O) groups is 2. The molecular formula is C37H75NO8P+. The Kier molecular flexibility index (Phi) is 30.4. The third kappa shape index (κ3) is 34.7. The first-order chi connectivity index (χ1) is 22.5. The third-order valence-corrected chi connectivity index (χ3v) is 9.37. The van der Waals surface area contributed by atoms with E-state index in [1.807, 2.05) is 21.1 Å². The molecule has 47 heavy (non-hydrogen) atoms. The quantitative estimate of drug-likeness (QED) is 0.0303. The van der Waals surface area contributed by atoms with Crippen LogP contribution in [0, 0.1) is 0 Å². The monoisotopic (exact) mass is 693 g/mol. The van der Waals surface area contributed by atoms with Crippen molar-refractivity contribution in [2.45, 2.75) is 180 Å². The van der Waals surface area contributed by atoms with Crippen LogP contribution in [0.3, 0.4) is 0 Å². The molecule has 0 radical (unpaired) electrons. The van der Waals surface area contributed by atoms with Crippen molar-refractivity contribution in [1.82, 2.24) is 0 Å². The molecule has 1 unspecified atom stereocenters. The Balaban J connectivity index is 4.41. The summed E-state index contributed by atoms with van der Waals surface area (Å²) in [6.07, 6.45) is 27.1. The van der Waals surface area contributed by atoms with Gasteiger partial charge in [0.15, 0.2) is 6.10 Å². The van der Waals surface area contributed by atoms with Gasteiger partial charge in [-0.3, -0.25) is 18.6 Å². The Morgan fingerprint density at radius 3 is 1.36 bits per heavy atom. The van der Waals surface area contributed by atoms with Crippen molar-refractivity contribution >= 4 is 19.8 Å². The van der Waals surface area contributed by atoms with Crippen LogP contribution in [0.5, 0.6) is 0 Å². The second-order valence-electron chi connectivity index (χ2n) is 14.3. The summed E-state index contributed by atoms with van der Waals surface area (Å²) >= 11 is 0. The van der Waals surface area contributed by atoms with E-state index in [4.69, 9.17) is 18.5 Å². The molecule has 0 aromatic carbocycles. The Morgan fingerprint density at radius 2 is 0.957 bits per heavy atom. The number of unbranched alkanes of at least 4 members (excludes halogenated alkanes) is 21. The maximum Gasteiger partial charge on any atom is 0.472 e. The lowest BCUT2D eigenvalue weighted by Gasteiger charge is -2.24. The molecule has 0 aromatic heterocycles. The number of phosphoric acid groups is 1. The van der Waals surface area contributed by atoms with Gasteiger partial charge in [0.1, 0.15) is 19.8 Å². The van der Waals surface area contributed by atoms with E-state index in [1.165, 1.54) is 109 Å². The van der Waals surface area contributed by atoms with Gasteiger partial charge in [-0.25, -0.2) is 4.57 Å². The molecule has 2 atom stereocenters. The molecule has 0 saturated heterocycles. The molecule has 0 aliphatic heterocycles. The molecule has 0 rings (SSSR count). The van der Waals surface area contributed by atoms with E-state index in [-0.39, 0.29) is 25.6 Å². The van der Waals surface area contributed by atoms with Gasteiger partial charge >= 0.3 is 19.8 Å². The standard InChI is InChI=1S/C37H74NO8P/c1-6-8-10-12-14-16-18-19-20-22-24-26-28-30-37(40)46-35(34-45-47(41,42)44-32-31-38(3,4)5)33-43-36(39)29-27-25-23-21-17-15-13-11-9-7-2/h35H,6-34H2,1-5H3/p+1/t35-/m1/s1. The zero-order chi connectivity index (χ0) is 35.1. The lowest BCUT2D eigenvalue weighted by molar-refractivity contribution is -0.870. The number of nitrogens with zero attached hydrogens (tertiary/aromatic N) is 1. The number of esters is 2. The van der Waals surface area contributed by atoms with E-state index in [1.54, 1.807) is 0 Å². The van der Waals surface area contributed by atoms with Crippen molar-refractivity contribution in [3.63, 3.8) is 0 Å². The summed E-state index contributed by atoms with van der Waals surface area (Å²) in [4.78, 5) is 35.1. The molecule has 0 fully saturated rings. The molecule has 0 spiro atoms. The summed E-state index contributed by atoms with van der Waals surface area (Å²) in [5, 5.41) is 0. The summed E-state index contributed by atoms with van der Waals surface area (Å²) in [6, 6.07) is 0. The van der Waals surface area contributed by atoms with Crippen LogP contribution >= 0.6 is 7.82 Å². The molecule has 0 aliphatic carbocycles. The predicted molar refractivity (Wildman–Crippen MR) is 192 cm³/mol. The molecule has 0 heterocycles. The molecule has 0 aliphatic rings. The van der Waals surface area contributed by atoms with Crippen molar-refractivity contribution in [1.29, 1.82) is 0 Å². The van der Waals surface area contributed by atoms with Gasteiger partial charge in [-0.2, -0.15) is 0 Å². The average molecular weight is 693 g/mol. The zero-order valence-electron chi connectivity index (χ0n) is 31.3. The number of phosphoric ester groups is 1. The van der Waals surface area contributed by atoms with E-state index < -0.39 is 26.5 Å². The van der Waals surface area contributed by atoms with Crippen LogP contribution in [0.25, 0.3) is 0 Å². The van der Waals surface area contributed by atoms with Gasteiger partial charge < -0.3 is 18.9 Å². The number of hydrogen-bond donors (Lipinski definition) is 1. The lowest BCUT2D eigenvalue weighted by atomic mass is 10.0. The highest BCUT2D eigenvalue weighted by molar-refractivity contribution is 7.47. The van der Waals surface area contributed by atoms with Crippen molar-refractivity contribution in [3.05, 3.63) is 0 Å². The van der Waals surface area contributed by atoms with Gasteiger partial charge in [0, 0.05) is 12.8 Å². The maximum atomic E-state index is 12.6. The maximum absolute atomic E-state index is 12.6. The second kappa shape index (κ2) is 31.0. The first-order valence-corrected chi connectivity index (χ1v) is 20.8. The average Bonchev–Trinajstić information content (AvgIpc) is 3.01. The molecule has 280 valence electrons. The van der Waals surface area contributed by atoms with Crippen molar-refractivity contribution < 1.29 is 42.1 Å². The number of quaternary nitrogens is 1. The van der Waals surface area contributed by atoms with Gasteiger partial charge in [-0.05, 0) is 12.8 Å². The Hall–Kier alpha value is -0.990. The molecule has 0 aromatic rings. The van der Waals surface area contributed by atoms with Crippen molar-refractivity contribution in [2.24, 2.45) is 0 Å². The number of ether oxygens (including phenoxy) is 2. The lowest BCUT2D eigenvalue weighted by Crippen LogP contribution is -2.37. The van der Waals surface area contributed by atoms with Gasteiger partial charge in [0.05, 0.1) is 27.7 Å². The van der Waals surface area contributed by atoms with E-state index in [9.17, 15) is 19.0 Å². The summed E-state index contributed by atoms with van der Waals surface area (Å²) < 4.78 is 34.1. The first-order valence-electron chi connectivity index (χ1n) is 19.3. The van der Waals surface area contributed by atoms with Crippen molar-refractivity contribution in [2.75, 3.05) is 47.5 Å². The SMILES string of the molecule is CCCCCCCCCCCCCCCC(=O)O[C@H](COC(=O)CCCCCCCCCCCC)COP(=O)(O)OCC[N+](C)(C)C. The summed E-state index contributed by atoms with van der Waals surface area (Å²) in [6.45, 7) is 4.41. The summed E-state index contributed by atoms with van der Waals surface area (Å²) in [5.41, 5.74) is 0. The highest BCUT2D eigenvalue weighted by atomic mass is 31.2. The second-order valence-corrected chi connectivity index (χ2v) is 15.8.